The van der Waals surface area contributed by atoms with Crippen molar-refractivity contribution in [3.8, 4) is 5.88 Å². The van der Waals surface area contributed by atoms with Gasteiger partial charge in [0.1, 0.15) is 0 Å². The van der Waals surface area contributed by atoms with Gasteiger partial charge in [0.15, 0.2) is 0 Å². The average molecular weight is 302 g/mol. The van der Waals surface area contributed by atoms with Crippen molar-refractivity contribution in [1.82, 2.24) is 9.97 Å². The average Bonchev–Trinajstić information content (AvgIpc) is 2.27. The summed E-state index contributed by atoms with van der Waals surface area (Å²) in [7, 11) is 1.58. The zero-order valence-corrected chi connectivity index (χ0v) is 11.4. The second-order valence-corrected chi connectivity index (χ2v) is 4.88. The number of ether oxygens (including phenoxy) is 1. The van der Waals surface area contributed by atoms with Crippen molar-refractivity contribution in [3.63, 3.8) is 0 Å². The summed E-state index contributed by atoms with van der Waals surface area (Å²) in [5, 5.41) is 9.11. The molecule has 1 saturated carbocycles. The Morgan fingerprint density at radius 2 is 2.35 bits per heavy atom. The van der Waals surface area contributed by atoms with E-state index in [9.17, 15) is 0 Å². The van der Waals surface area contributed by atoms with E-state index >= 15 is 0 Å². The zero-order chi connectivity index (χ0) is 12.3. The van der Waals surface area contributed by atoms with Crippen LogP contribution in [0.2, 0.25) is 0 Å². The summed E-state index contributed by atoms with van der Waals surface area (Å²) in [4.78, 5) is 10.7. The first-order valence-corrected chi connectivity index (χ1v) is 6.49. The lowest BCUT2D eigenvalue weighted by Gasteiger charge is -2.37. The van der Waals surface area contributed by atoms with Gasteiger partial charge in [0.25, 0.3) is 0 Å². The van der Waals surface area contributed by atoms with E-state index in [1.54, 1.807) is 13.3 Å². The van der Waals surface area contributed by atoms with E-state index in [2.05, 4.69) is 30.8 Å². The molecule has 0 aromatic carbocycles. The predicted octanol–water partition coefficient (Wildman–Crippen LogP) is 1.60. The highest BCUT2D eigenvalue weighted by Gasteiger charge is 2.27. The largest absolute Gasteiger partial charge is 0.480 e. The summed E-state index contributed by atoms with van der Waals surface area (Å²) >= 11 is 3.33. The van der Waals surface area contributed by atoms with Gasteiger partial charge in [0, 0.05) is 12.6 Å². The topological polar surface area (TPSA) is 58.5 Å². The SMILES string of the molecule is COc1nc(N(CCO)C2CCC2)ncc1Br. The lowest BCUT2D eigenvalue weighted by molar-refractivity contribution is 0.281. The molecule has 6 heteroatoms. The summed E-state index contributed by atoms with van der Waals surface area (Å²) in [6.07, 6.45) is 5.20. The molecule has 0 saturated heterocycles. The van der Waals surface area contributed by atoms with Crippen LogP contribution in [0.15, 0.2) is 10.7 Å². The molecule has 1 N–H and O–H groups in total. The zero-order valence-electron chi connectivity index (χ0n) is 9.77. The number of hydrogen-bond acceptors (Lipinski definition) is 5. The molecule has 0 spiro atoms. The van der Waals surface area contributed by atoms with Crippen molar-refractivity contribution < 1.29 is 9.84 Å². The van der Waals surface area contributed by atoms with Crippen LogP contribution >= 0.6 is 15.9 Å². The molecule has 1 aliphatic rings. The van der Waals surface area contributed by atoms with Crippen molar-refractivity contribution in [1.29, 1.82) is 0 Å². The number of halogens is 1. The van der Waals surface area contributed by atoms with Gasteiger partial charge >= 0.3 is 0 Å². The molecule has 0 unspecified atom stereocenters. The maximum Gasteiger partial charge on any atom is 0.232 e. The Morgan fingerprint density at radius 3 is 2.88 bits per heavy atom. The number of aromatic nitrogens is 2. The molecule has 0 radical (unpaired) electrons. The Morgan fingerprint density at radius 1 is 1.59 bits per heavy atom. The molecule has 0 aliphatic heterocycles. The third-order valence-corrected chi connectivity index (χ3v) is 3.55. The molecule has 1 aromatic heterocycles. The Hall–Kier alpha value is -0.880. The van der Waals surface area contributed by atoms with Gasteiger partial charge in [0.05, 0.1) is 24.4 Å². The molecular weight excluding hydrogens is 286 g/mol. The minimum absolute atomic E-state index is 0.109. The third kappa shape index (κ3) is 2.69. The second kappa shape index (κ2) is 5.64. The highest BCUT2D eigenvalue weighted by molar-refractivity contribution is 9.10. The Balaban J connectivity index is 2.22. The van der Waals surface area contributed by atoms with Crippen molar-refractivity contribution >= 4 is 21.9 Å². The highest BCUT2D eigenvalue weighted by atomic mass is 79.9. The number of methoxy groups -OCH3 is 1. The molecule has 1 aliphatic carbocycles. The number of hydrogen-bond donors (Lipinski definition) is 1. The first-order chi connectivity index (χ1) is 8.26. The maximum atomic E-state index is 9.11. The minimum Gasteiger partial charge on any atom is -0.480 e. The van der Waals surface area contributed by atoms with E-state index in [0.717, 1.165) is 17.3 Å². The maximum absolute atomic E-state index is 9.11. The molecular formula is C11H16BrN3O2. The number of anilines is 1. The van der Waals surface area contributed by atoms with Crippen LogP contribution in [0.5, 0.6) is 5.88 Å². The molecule has 0 bridgehead atoms. The van der Waals surface area contributed by atoms with Crippen LogP contribution in [0.25, 0.3) is 0 Å². The van der Waals surface area contributed by atoms with E-state index in [1.807, 2.05) is 0 Å². The predicted molar refractivity (Wildman–Crippen MR) is 68.4 cm³/mol. The van der Waals surface area contributed by atoms with Gasteiger partial charge in [-0.2, -0.15) is 4.98 Å². The van der Waals surface area contributed by atoms with Crippen molar-refractivity contribution in [2.24, 2.45) is 0 Å². The van der Waals surface area contributed by atoms with E-state index in [1.165, 1.54) is 6.42 Å². The van der Waals surface area contributed by atoms with Gasteiger partial charge in [-0.25, -0.2) is 4.98 Å². The molecule has 5 nitrogen and oxygen atoms in total. The van der Waals surface area contributed by atoms with Crippen LogP contribution in [0.1, 0.15) is 19.3 Å². The summed E-state index contributed by atoms with van der Waals surface area (Å²) in [5.74, 6) is 1.15. The quantitative estimate of drug-likeness (QED) is 0.895. The number of nitrogens with zero attached hydrogens (tertiary/aromatic N) is 3. The molecule has 94 valence electrons. The van der Waals surface area contributed by atoms with Crippen molar-refractivity contribution in [3.05, 3.63) is 10.7 Å². The fourth-order valence-electron chi connectivity index (χ4n) is 1.88. The monoisotopic (exact) mass is 301 g/mol. The summed E-state index contributed by atoms with van der Waals surface area (Å²) in [6.45, 7) is 0.674. The first kappa shape index (κ1) is 12.6. The summed E-state index contributed by atoms with van der Waals surface area (Å²) in [6, 6.07) is 0.452. The summed E-state index contributed by atoms with van der Waals surface area (Å²) < 4.78 is 5.90. The third-order valence-electron chi connectivity index (χ3n) is 3.01. The first-order valence-electron chi connectivity index (χ1n) is 5.70. The lowest BCUT2D eigenvalue weighted by atomic mass is 9.92. The second-order valence-electron chi connectivity index (χ2n) is 4.03. The van der Waals surface area contributed by atoms with Gasteiger partial charge in [-0.1, -0.05) is 0 Å². The number of rotatable bonds is 5. The van der Waals surface area contributed by atoms with E-state index in [4.69, 9.17) is 9.84 Å². The molecule has 17 heavy (non-hydrogen) atoms. The molecule has 2 rings (SSSR count). The van der Waals surface area contributed by atoms with Crippen LogP contribution in [0.3, 0.4) is 0 Å². The van der Waals surface area contributed by atoms with Gasteiger partial charge in [0.2, 0.25) is 11.8 Å². The van der Waals surface area contributed by atoms with Gasteiger partial charge in [-0.3, -0.25) is 0 Å². The van der Waals surface area contributed by atoms with Gasteiger partial charge < -0.3 is 14.7 Å². The van der Waals surface area contributed by atoms with Crippen LogP contribution in [0, 0.1) is 0 Å². The van der Waals surface area contributed by atoms with Crippen LogP contribution in [0.4, 0.5) is 5.95 Å². The smallest absolute Gasteiger partial charge is 0.232 e. The Labute approximate surface area is 109 Å². The van der Waals surface area contributed by atoms with Gasteiger partial charge in [-0.05, 0) is 35.2 Å². The Bertz CT molecular complexity index is 385. The molecule has 1 heterocycles. The number of aliphatic hydroxyl groups excluding tert-OH is 1. The van der Waals surface area contributed by atoms with Crippen LogP contribution in [-0.4, -0.2) is 41.4 Å². The fraction of sp³-hybridized carbons (Fsp3) is 0.636. The van der Waals surface area contributed by atoms with E-state index in [-0.39, 0.29) is 6.61 Å². The molecule has 0 atom stereocenters. The normalized spacial score (nSPS) is 15.5. The molecule has 0 amide bonds. The number of aliphatic hydroxyl groups is 1. The van der Waals surface area contributed by atoms with E-state index < -0.39 is 0 Å². The molecule has 1 fully saturated rings. The van der Waals surface area contributed by atoms with Crippen molar-refractivity contribution in [2.75, 3.05) is 25.2 Å². The molecule has 1 aromatic rings. The Kier molecular flexibility index (Phi) is 4.17. The summed E-state index contributed by atoms with van der Waals surface area (Å²) in [5.41, 5.74) is 0. The lowest BCUT2D eigenvalue weighted by Crippen LogP contribution is -2.42. The van der Waals surface area contributed by atoms with Crippen LogP contribution in [-0.2, 0) is 0 Å². The van der Waals surface area contributed by atoms with Crippen molar-refractivity contribution in [2.45, 2.75) is 25.3 Å². The highest BCUT2D eigenvalue weighted by Crippen LogP contribution is 2.29. The van der Waals surface area contributed by atoms with Gasteiger partial charge in [-0.15, -0.1) is 0 Å². The fourth-order valence-corrected chi connectivity index (χ4v) is 2.23. The minimum atomic E-state index is 0.109. The van der Waals surface area contributed by atoms with E-state index in [0.29, 0.717) is 24.4 Å². The van der Waals surface area contributed by atoms with Crippen LogP contribution < -0.4 is 9.64 Å². The standard InChI is InChI=1S/C11H16BrN3O2/c1-17-10-9(12)7-13-11(14-10)15(5-6-16)8-3-2-4-8/h7-8,16H,2-6H2,1H3.